The van der Waals surface area contributed by atoms with E-state index in [1.54, 1.807) is 0 Å². The SMILES string of the molecule is O=C(O)CN1CC2(CCN(C3CCCCCC3)C2)C1. The standard InChI is InChI=1S/C15H26N2O2/c18-14(19)9-16-10-15(11-16)7-8-17(12-15)13-5-3-1-2-4-6-13/h13H,1-12H2,(H,18,19). The molecule has 19 heavy (non-hydrogen) atoms. The van der Waals surface area contributed by atoms with Gasteiger partial charge in [-0.3, -0.25) is 14.6 Å². The number of carboxylic acid groups (broad SMARTS) is 1. The summed E-state index contributed by atoms with van der Waals surface area (Å²) in [5.74, 6) is -0.687. The van der Waals surface area contributed by atoms with Crippen molar-refractivity contribution in [3.63, 3.8) is 0 Å². The van der Waals surface area contributed by atoms with Crippen molar-refractivity contribution >= 4 is 5.97 Å². The molecule has 0 aromatic rings. The second-order valence-electron chi connectivity index (χ2n) is 6.90. The number of carboxylic acids is 1. The first kappa shape index (κ1) is 13.4. The maximum atomic E-state index is 10.7. The summed E-state index contributed by atoms with van der Waals surface area (Å²) in [5, 5.41) is 8.82. The molecule has 0 amide bonds. The van der Waals surface area contributed by atoms with Crippen molar-refractivity contribution in [3.05, 3.63) is 0 Å². The second kappa shape index (κ2) is 5.41. The zero-order valence-corrected chi connectivity index (χ0v) is 11.8. The number of hydrogen-bond donors (Lipinski definition) is 1. The van der Waals surface area contributed by atoms with Gasteiger partial charge in [-0.2, -0.15) is 0 Å². The highest BCUT2D eigenvalue weighted by Crippen LogP contribution is 2.41. The van der Waals surface area contributed by atoms with E-state index >= 15 is 0 Å². The monoisotopic (exact) mass is 266 g/mol. The minimum absolute atomic E-state index is 0.227. The van der Waals surface area contributed by atoms with Crippen LogP contribution < -0.4 is 0 Å². The molecule has 3 fully saturated rings. The van der Waals surface area contributed by atoms with Gasteiger partial charge < -0.3 is 5.11 Å². The summed E-state index contributed by atoms with van der Waals surface area (Å²) in [6.45, 7) is 4.69. The third-order valence-electron chi connectivity index (χ3n) is 5.29. The molecule has 0 aromatic carbocycles. The van der Waals surface area contributed by atoms with E-state index in [0.29, 0.717) is 5.41 Å². The van der Waals surface area contributed by atoms with Crippen LogP contribution >= 0.6 is 0 Å². The molecule has 2 heterocycles. The van der Waals surface area contributed by atoms with Gasteiger partial charge in [-0.15, -0.1) is 0 Å². The Bertz CT molecular complexity index is 331. The van der Waals surface area contributed by atoms with Crippen LogP contribution in [0.15, 0.2) is 0 Å². The van der Waals surface area contributed by atoms with E-state index in [1.807, 2.05) is 0 Å². The summed E-state index contributed by atoms with van der Waals surface area (Å²) >= 11 is 0. The van der Waals surface area contributed by atoms with Crippen molar-refractivity contribution in [1.29, 1.82) is 0 Å². The molecular formula is C15H26N2O2. The van der Waals surface area contributed by atoms with Crippen molar-refractivity contribution in [3.8, 4) is 0 Å². The normalized spacial score (nSPS) is 29.3. The Hall–Kier alpha value is -0.610. The topological polar surface area (TPSA) is 43.8 Å². The van der Waals surface area contributed by atoms with Gasteiger partial charge in [-0.1, -0.05) is 25.7 Å². The predicted octanol–water partition coefficient (Wildman–Crippen LogP) is 1.80. The van der Waals surface area contributed by atoms with Gasteiger partial charge in [0.25, 0.3) is 0 Å². The van der Waals surface area contributed by atoms with Crippen LogP contribution in [-0.2, 0) is 4.79 Å². The highest BCUT2D eigenvalue weighted by Gasteiger charge is 2.48. The summed E-state index contributed by atoms with van der Waals surface area (Å²) in [6, 6.07) is 0.815. The molecule has 3 aliphatic rings. The minimum atomic E-state index is -0.687. The predicted molar refractivity (Wildman–Crippen MR) is 74.2 cm³/mol. The van der Waals surface area contributed by atoms with Crippen LogP contribution in [0, 0.1) is 5.41 Å². The van der Waals surface area contributed by atoms with Crippen LogP contribution in [0.25, 0.3) is 0 Å². The lowest BCUT2D eigenvalue weighted by molar-refractivity contribution is -0.141. The molecule has 1 spiro atoms. The maximum Gasteiger partial charge on any atom is 0.317 e. The third kappa shape index (κ3) is 2.95. The van der Waals surface area contributed by atoms with Crippen LogP contribution in [0.5, 0.6) is 0 Å². The lowest BCUT2D eigenvalue weighted by Gasteiger charge is -2.48. The number of aliphatic carboxylic acids is 1. The molecule has 1 saturated carbocycles. The summed E-state index contributed by atoms with van der Waals surface area (Å²) in [5.41, 5.74) is 0.432. The molecule has 0 bridgehead atoms. The molecule has 3 rings (SSSR count). The molecule has 1 aliphatic carbocycles. The van der Waals surface area contributed by atoms with Gasteiger partial charge in [0, 0.05) is 31.1 Å². The smallest absolute Gasteiger partial charge is 0.317 e. The van der Waals surface area contributed by atoms with Crippen LogP contribution in [0.3, 0.4) is 0 Å². The zero-order valence-electron chi connectivity index (χ0n) is 11.8. The van der Waals surface area contributed by atoms with Gasteiger partial charge in [0.15, 0.2) is 0 Å². The first-order valence-corrected chi connectivity index (χ1v) is 7.85. The van der Waals surface area contributed by atoms with Crippen LogP contribution in [-0.4, -0.2) is 59.6 Å². The summed E-state index contributed by atoms with van der Waals surface area (Å²) in [6.07, 6.45) is 9.69. The van der Waals surface area contributed by atoms with E-state index in [9.17, 15) is 4.79 Å². The van der Waals surface area contributed by atoms with E-state index in [2.05, 4.69) is 9.80 Å². The molecule has 4 nitrogen and oxygen atoms in total. The van der Waals surface area contributed by atoms with E-state index in [0.717, 1.165) is 19.1 Å². The lowest BCUT2D eigenvalue weighted by atomic mass is 9.79. The van der Waals surface area contributed by atoms with Gasteiger partial charge in [0.2, 0.25) is 0 Å². The Morgan fingerprint density at radius 1 is 1.11 bits per heavy atom. The molecule has 0 atom stereocenters. The Morgan fingerprint density at radius 2 is 1.79 bits per heavy atom. The van der Waals surface area contributed by atoms with Gasteiger partial charge in [-0.05, 0) is 25.8 Å². The summed E-state index contributed by atoms with van der Waals surface area (Å²) in [4.78, 5) is 15.5. The van der Waals surface area contributed by atoms with Gasteiger partial charge in [-0.25, -0.2) is 0 Å². The van der Waals surface area contributed by atoms with Gasteiger partial charge >= 0.3 is 5.97 Å². The maximum absolute atomic E-state index is 10.7. The molecular weight excluding hydrogens is 240 g/mol. The fourth-order valence-electron chi connectivity index (χ4n) is 4.37. The van der Waals surface area contributed by atoms with Gasteiger partial charge in [0.1, 0.15) is 0 Å². The first-order valence-electron chi connectivity index (χ1n) is 7.85. The largest absolute Gasteiger partial charge is 0.480 e. The lowest BCUT2D eigenvalue weighted by Crippen LogP contribution is -2.58. The van der Waals surface area contributed by atoms with E-state index in [-0.39, 0.29) is 6.54 Å². The van der Waals surface area contributed by atoms with Crippen molar-refractivity contribution < 1.29 is 9.90 Å². The summed E-state index contributed by atoms with van der Waals surface area (Å²) in [7, 11) is 0. The summed E-state index contributed by atoms with van der Waals surface area (Å²) < 4.78 is 0. The Labute approximate surface area is 115 Å². The molecule has 0 unspecified atom stereocenters. The second-order valence-corrected chi connectivity index (χ2v) is 6.90. The molecule has 4 heteroatoms. The van der Waals surface area contributed by atoms with Crippen LogP contribution in [0.2, 0.25) is 0 Å². The highest BCUT2D eigenvalue weighted by atomic mass is 16.4. The van der Waals surface area contributed by atoms with Crippen LogP contribution in [0.1, 0.15) is 44.9 Å². The van der Waals surface area contributed by atoms with E-state index in [4.69, 9.17) is 5.11 Å². The zero-order chi connectivity index (χ0) is 13.3. The molecule has 108 valence electrons. The Morgan fingerprint density at radius 3 is 2.42 bits per heavy atom. The third-order valence-corrected chi connectivity index (χ3v) is 5.29. The molecule has 1 N–H and O–H groups in total. The average Bonchev–Trinajstić information content (AvgIpc) is 2.59. The van der Waals surface area contributed by atoms with Crippen molar-refractivity contribution in [1.82, 2.24) is 9.80 Å². The highest BCUT2D eigenvalue weighted by molar-refractivity contribution is 5.69. The average molecular weight is 266 g/mol. The van der Waals surface area contributed by atoms with Crippen LogP contribution in [0.4, 0.5) is 0 Å². The minimum Gasteiger partial charge on any atom is -0.480 e. The molecule has 0 aromatic heterocycles. The van der Waals surface area contributed by atoms with Crippen molar-refractivity contribution in [2.24, 2.45) is 5.41 Å². The van der Waals surface area contributed by atoms with E-state index in [1.165, 1.54) is 58.0 Å². The fraction of sp³-hybridized carbons (Fsp3) is 0.933. The number of hydrogen-bond acceptors (Lipinski definition) is 3. The quantitative estimate of drug-likeness (QED) is 0.791. The number of likely N-dealkylation sites (tertiary alicyclic amines) is 2. The van der Waals surface area contributed by atoms with Crippen molar-refractivity contribution in [2.45, 2.75) is 51.0 Å². The van der Waals surface area contributed by atoms with E-state index < -0.39 is 5.97 Å². The van der Waals surface area contributed by atoms with Gasteiger partial charge in [0.05, 0.1) is 6.54 Å². The molecule has 2 aliphatic heterocycles. The van der Waals surface area contributed by atoms with Crippen molar-refractivity contribution in [2.75, 3.05) is 32.7 Å². The number of carbonyl (C=O) groups is 1. The molecule has 2 saturated heterocycles. The Kier molecular flexibility index (Phi) is 3.81. The Balaban J connectivity index is 1.49. The first-order chi connectivity index (χ1) is 9.17. The number of rotatable bonds is 3. The fourth-order valence-corrected chi connectivity index (χ4v) is 4.37. The molecule has 0 radical (unpaired) electrons. The number of nitrogens with zero attached hydrogens (tertiary/aromatic N) is 2.